The van der Waals surface area contributed by atoms with Crippen molar-refractivity contribution in [3.63, 3.8) is 0 Å². The number of aromatic nitrogens is 3. The summed E-state index contributed by atoms with van der Waals surface area (Å²) in [6.07, 6.45) is 3.69. The monoisotopic (exact) mass is 509 g/mol. The van der Waals surface area contributed by atoms with Crippen LogP contribution in [0.3, 0.4) is 0 Å². The minimum Gasteiger partial charge on any atom is -0.264 e. The normalized spacial score (nSPS) is 11.5. The summed E-state index contributed by atoms with van der Waals surface area (Å²) >= 11 is 0. The molecule has 0 spiro atoms. The van der Waals surface area contributed by atoms with E-state index < -0.39 is 0 Å². The minimum absolute atomic E-state index is 0.713. The third-order valence-electron chi connectivity index (χ3n) is 7.72. The van der Waals surface area contributed by atoms with Crippen LogP contribution in [0, 0.1) is 0 Å². The van der Waals surface area contributed by atoms with Gasteiger partial charge >= 0.3 is 0 Å². The number of hydrogen-bond donors (Lipinski definition) is 0. The van der Waals surface area contributed by atoms with E-state index in [0.29, 0.717) is 5.82 Å². The number of nitrogens with zero attached hydrogens (tertiary/aromatic N) is 3. The van der Waals surface area contributed by atoms with E-state index >= 15 is 0 Å². The second-order valence-electron chi connectivity index (χ2n) is 10.1. The highest BCUT2D eigenvalue weighted by Crippen LogP contribution is 2.40. The molecular weight excluding hydrogens is 486 g/mol. The third kappa shape index (κ3) is 3.71. The van der Waals surface area contributed by atoms with Gasteiger partial charge in [-0.3, -0.25) is 4.98 Å². The molecule has 0 aliphatic carbocycles. The van der Waals surface area contributed by atoms with Crippen molar-refractivity contribution in [1.29, 1.82) is 0 Å². The lowest BCUT2D eigenvalue weighted by atomic mass is 9.91. The minimum atomic E-state index is 0.713. The van der Waals surface area contributed by atoms with Crippen LogP contribution in [0.5, 0.6) is 0 Å². The van der Waals surface area contributed by atoms with Crippen molar-refractivity contribution in [2.24, 2.45) is 0 Å². The predicted octanol–water partition coefficient (Wildman–Crippen LogP) is 9.44. The van der Waals surface area contributed by atoms with E-state index in [2.05, 4.69) is 108 Å². The molecule has 0 N–H and O–H groups in total. The lowest BCUT2D eigenvalue weighted by Crippen LogP contribution is -1.97. The molecule has 186 valence electrons. The van der Waals surface area contributed by atoms with Gasteiger partial charge in [0.05, 0.1) is 11.4 Å². The summed E-state index contributed by atoms with van der Waals surface area (Å²) in [6.45, 7) is 0. The molecule has 2 heterocycles. The summed E-state index contributed by atoms with van der Waals surface area (Å²) in [4.78, 5) is 14.5. The number of benzene rings is 6. The maximum atomic E-state index is 5.14. The first kappa shape index (κ1) is 22.6. The maximum absolute atomic E-state index is 5.14. The quantitative estimate of drug-likeness (QED) is 0.222. The van der Waals surface area contributed by atoms with E-state index in [1.54, 1.807) is 6.20 Å². The van der Waals surface area contributed by atoms with Gasteiger partial charge in [0, 0.05) is 34.6 Å². The maximum Gasteiger partial charge on any atom is 0.160 e. The van der Waals surface area contributed by atoms with Crippen LogP contribution in [-0.4, -0.2) is 15.0 Å². The van der Waals surface area contributed by atoms with Gasteiger partial charge < -0.3 is 0 Å². The van der Waals surface area contributed by atoms with Gasteiger partial charge in [0.1, 0.15) is 0 Å². The first-order valence-electron chi connectivity index (χ1n) is 13.4. The summed E-state index contributed by atoms with van der Waals surface area (Å²) in [6, 6.07) is 44.7. The van der Waals surface area contributed by atoms with Crippen LogP contribution in [0.4, 0.5) is 0 Å². The van der Waals surface area contributed by atoms with Gasteiger partial charge in [-0.05, 0) is 56.1 Å². The van der Waals surface area contributed by atoms with Crippen molar-refractivity contribution in [1.82, 2.24) is 15.0 Å². The molecule has 0 unspecified atom stereocenters. The first-order valence-corrected chi connectivity index (χ1v) is 13.4. The van der Waals surface area contributed by atoms with Gasteiger partial charge in [-0.25, -0.2) is 9.97 Å². The average Bonchev–Trinajstić information content (AvgIpc) is 3.04. The van der Waals surface area contributed by atoms with Gasteiger partial charge in [-0.15, -0.1) is 0 Å². The molecule has 0 saturated carbocycles. The van der Waals surface area contributed by atoms with Crippen molar-refractivity contribution in [2.45, 2.75) is 0 Å². The van der Waals surface area contributed by atoms with Crippen LogP contribution in [0.1, 0.15) is 0 Å². The van der Waals surface area contributed by atoms with E-state index in [0.717, 1.165) is 39.2 Å². The lowest BCUT2D eigenvalue weighted by Gasteiger charge is -2.15. The number of hydrogen-bond acceptors (Lipinski definition) is 3. The van der Waals surface area contributed by atoms with Crippen molar-refractivity contribution in [3.05, 3.63) is 140 Å². The van der Waals surface area contributed by atoms with Crippen LogP contribution >= 0.6 is 0 Å². The second kappa shape index (κ2) is 9.11. The Bertz CT molecular complexity index is 2140. The highest BCUT2D eigenvalue weighted by Gasteiger charge is 2.16. The summed E-state index contributed by atoms with van der Waals surface area (Å²) in [5.74, 6) is 0.713. The smallest absolute Gasteiger partial charge is 0.160 e. The Hall–Kier alpha value is -5.41. The topological polar surface area (TPSA) is 38.7 Å². The molecular formula is C37H23N3. The van der Waals surface area contributed by atoms with E-state index in [9.17, 15) is 0 Å². The molecule has 40 heavy (non-hydrogen) atoms. The van der Waals surface area contributed by atoms with Crippen molar-refractivity contribution in [2.75, 3.05) is 0 Å². The fourth-order valence-electron chi connectivity index (χ4n) is 5.80. The van der Waals surface area contributed by atoms with Gasteiger partial charge in [0.25, 0.3) is 0 Å². The van der Waals surface area contributed by atoms with Gasteiger partial charge in [0.15, 0.2) is 5.82 Å². The van der Waals surface area contributed by atoms with Crippen LogP contribution < -0.4 is 0 Å². The fraction of sp³-hybridized carbons (Fsp3) is 0. The Labute approximate surface area is 231 Å². The molecule has 8 rings (SSSR count). The molecule has 3 nitrogen and oxygen atoms in total. The van der Waals surface area contributed by atoms with Gasteiger partial charge in [-0.2, -0.15) is 0 Å². The van der Waals surface area contributed by atoms with Crippen molar-refractivity contribution < 1.29 is 0 Å². The van der Waals surface area contributed by atoms with Crippen LogP contribution in [0.25, 0.3) is 77.3 Å². The molecule has 8 aromatic rings. The van der Waals surface area contributed by atoms with E-state index in [1.807, 2.05) is 30.5 Å². The molecule has 0 radical (unpaired) electrons. The van der Waals surface area contributed by atoms with Crippen LogP contribution in [0.15, 0.2) is 140 Å². The van der Waals surface area contributed by atoms with E-state index in [1.165, 1.54) is 32.3 Å². The Balaban J connectivity index is 1.38. The molecule has 0 fully saturated rings. The molecule has 0 aliphatic rings. The van der Waals surface area contributed by atoms with Crippen molar-refractivity contribution in [3.8, 4) is 45.0 Å². The Kier molecular flexibility index (Phi) is 5.14. The Morgan fingerprint density at radius 2 is 1.10 bits per heavy atom. The average molecular weight is 510 g/mol. The zero-order valence-corrected chi connectivity index (χ0v) is 21.6. The molecule has 0 atom stereocenters. The van der Waals surface area contributed by atoms with Crippen LogP contribution in [0.2, 0.25) is 0 Å². The number of pyridine rings is 1. The molecule has 6 aromatic carbocycles. The molecule has 0 aliphatic heterocycles. The Morgan fingerprint density at radius 3 is 1.93 bits per heavy atom. The van der Waals surface area contributed by atoms with Gasteiger partial charge in [0.2, 0.25) is 0 Å². The lowest BCUT2D eigenvalue weighted by molar-refractivity contribution is 1.18. The van der Waals surface area contributed by atoms with Crippen molar-refractivity contribution >= 4 is 32.3 Å². The molecule has 0 amide bonds. The van der Waals surface area contributed by atoms with Gasteiger partial charge in [-0.1, -0.05) is 109 Å². The van der Waals surface area contributed by atoms with Crippen LogP contribution in [-0.2, 0) is 0 Å². The molecule has 2 aromatic heterocycles. The third-order valence-corrected chi connectivity index (χ3v) is 7.72. The van der Waals surface area contributed by atoms with E-state index in [4.69, 9.17) is 9.97 Å². The Morgan fingerprint density at radius 1 is 0.425 bits per heavy atom. The molecule has 0 bridgehead atoms. The standard InChI is InChI=1S/C37H23N3/c1-2-7-27(8-3-1)37-39-33(29-12-5-11-28(21-29)30-13-6-20-38-23-30)22-34(40-37)31-18-16-26-15-14-24-9-4-10-25-17-19-32(31)36(26)35(24)25/h1-23H. The summed E-state index contributed by atoms with van der Waals surface area (Å²) in [5.41, 5.74) is 7.12. The predicted molar refractivity (Wildman–Crippen MR) is 165 cm³/mol. The first-order chi connectivity index (χ1) is 19.8. The zero-order valence-electron chi connectivity index (χ0n) is 21.6. The largest absolute Gasteiger partial charge is 0.264 e. The molecule has 0 saturated heterocycles. The molecule has 3 heteroatoms. The zero-order chi connectivity index (χ0) is 26.5. The summed E-state index contributed by atoms with van der Waals surface area (Å²) in [7, 11) is 0. The van der Waals surface area contributed by atoms with E-state index in [-0.39, 0.29) is 0 Å². The second-order valence-corrected chi connectivity index (χ2v) is 10.1. The highest BCUT2D eigenvalue weighted by molar-refractivity contribution is 6.25. The summed E-state index contributed by atoms with van der Waals surface area (Å²) in [5, 5.41) is 7.55. The summed E-state index contributed by atoms with van der Waals surface area (Å²) < 4.78 is 0. The SMILES string of the molecule is c1ccc(-c2nc(-c3cccc(-c4cccnc4)c3)cc(-c3ccc4ccc5cccc6ccc3c4c56)n2)cc1. The number of rotatable bonds is 4. The highest BCUT2D eigenvalue weighted by atomic mass is 14.9. The fourth-order valence-corrected chi connectivity index (χ4v) is 5.80.